The number of aliphatic hydroxyl groups excluding tert-OH is 1. The Kier molecular flexibility index (Phi) is 6.03. The highest BCUT2D eigenvalue weighted by molar-refractivity contribution is 5.84. The molecule has 0 aliphatic rings. The molecule has 0 unspecified atom stereocenters. The van der Waals surface area contributed by atoms with Gasteiger partial charge >= 0.3 is 6.18 Å². The van der Waals surface area contributed by atoms with Crippen molar-refractivity contribution in [3.8, 4) is 22.3 Å². The molecular weight excluding hydrogens is 387 g/mol. The predicted molar refractivity (Wildman–Crippen MR) is 102 cm³/mol. The van der Waals surface area contributed by atoms with Gasteiger partial charge in [-0.15, -0.1) is 0 Å². The van der Waals surface area contributed by atoms with Gasteiger partial charge in [0.2, 0.25) is 0 Å². The van der Waals surface area contributed by atoms with E-state index in [1.54, 1.807) is 12.1 Å². The maximum Gasteiger partial charge on any atom is 0.416 e. The molecule has 1 nitrogen and oxygen atoms in total. The van der Waals surface area contributed by atoms with Gasteiger partial charge in [0.05, 0.1) is 12.2 Å². The number of halogens is 5. The number of benzene rings is 3. The highest BCUT2D eigenvalue weighted by Crippen LogP contribution is 2.38. The van der Waals surface area contributed by atoms with Crippen LogP contribution in [0.2, 0.25) is 0 Å². The van der Waals surface area contributed by atoms with Crippen LogP contribution >= 0.6 is 0 Å². The molecule has 29 heavy (non-hydrogen) atoms. The second-order valence-electron chi connectivity index (χ2n) is 6.75. The van der Waals surface area contributed by atoms with Crippen molar-refractivity contribution in [2.45, 2.75) is 32.5 Å². The van der Waals surface area contributed by atoms with Gasteiger partial charge in [0.25, 0.3) is 0 Å². The van der Waals surface area contributed by atoms with E-state index < -0.39 is 35.5 Å². The lowest BCUT2D eigenvalue weighted by Crippen LogP contribution is -2.04. The molecule has 0 aliphatic heterocycles. The van der Waals surface area contributed by atoms with Crippen molar-refractivity contribution in [1.29, 1.82) is 0 Å². The second-order valence-corrected chi connectivity index (χ2v) is 6.75. The molecule has 0 bridgehead atoms. The largest absolute Gasteiger partial charge is 0.416 e. The van der Waals surface area contributed by atoms with E-state index in [9.17, 15) is 22.7 Å². The van der Waals surface area contributed by atoms with Crippen molar-refractivity contribution >= 4 is 0 Å². The van der Waals surface area contributed by atoms with Crippen molar-refractivity contribution in [3.05, 3.63) is 82.9 Å². The summed E-state index contributed by atoms with van der Waals surface area (Å²) in [6.07, 6.45) is -2.72. The number of aryl methyl sites for hydroxylation is 1. The summed E-state index contributed by atoms with van der Waals surface area (Å²) in [6, 6.07) is 12.2. The lowest BCUT2D eigenvalue weighted by molar-refractivity contribution is -0.137. The molecular formula is C23H19F5O. The van der Waals surface area contributed by atoms with E-state index in [-0.39, 0.29) is 16.7 Å². The zero-order valence-corrected chi connectivity index (χ0v) is 15.7. The van der Waals surface area contributed by atoms with Gasteiger partial charge in [-0.3, -0.25) is 0 Å². The fourth-order valence-corrected chi connectivity index (χ4v) is 3.28. The van der Waals surface area contributed by atoms with Crippen LogP contribution in [0.25, 0.3) is 22.3 Å². The Hall–Kier alpha value is -2.73. The minimum absolute atomic E-state index is 0.0401. The van der Waals surface area contributed by atoms with Crippen LogP contribution in [0.4, 0.5) is 22.0 Å². The number of rotatable bonds is 5. The summed E-state index contributed by atoms with van der Waals surface area (Å²) in [6.45, 7) is 1.20. The van der Waals surface area contributed by atoms with Crippen molar-refractivity contribution in [1.82, 2.24) is 0 Å². The molecule has 3 aromatic rings. The van der Waals surface area contributed by atoms with E-state index >= 15 is 4.39 Å². The summed E-state index contributed by atoms with van der Waals surface area (Å²) in [7, 11) is 0. The van der Waals surface area contributed by atoms with Crippen molar-refractivity contribution in [2.75, 3.05) is 0 Å². The Bertz CT molecular complexity index is 990. The van der Waals surface area contributed by atoms with Crippen LogP contribution in [-0.2, 0) is 19.2 Å². The summed E-state index contributed by atoms with van der Waals surface area (Å²) in [5, 5.41) is 9.37. The quantitative estimate of drug-likeness (QED) is 0.464. The summed E-state index contributed by atoms with van der Waals surface area (Å²) in [5.74, 6) is -1.88. The fourth-order valence-electron chi connectivity index (χ4n) is 3.28. The van der Waals surface area contributed by atoms with E-state index in [4.69, 9.17) is 0 Å². The van der Waals surface area contributed by atoms with Crippen LogP contribution in [0.5, 0.6) is 0 Å². The molecule has 152 valence electrons. The van der Waals surface area contributed by atoms with Crippen LogP contribution in [0, 0.1) is 11.6 Å². The topological polar surface area (TPSA) is 20.2 Å². The molecule has 3 rings (SSSR count). The maximum absolute atomic E-state index is 15.1. The van der Waals surface area contributed by atoms with Crippen LogP contribution < -0.4 is 0 Å². The molecule has 0 spiro atoms. The standard InChI is InChI=1S/C23H19F5O/c1-2-3-14-4-6-16(7-5-14)21-18(12-20(24)19(13-29)22(21)25)15-8-10-17(11-9-15)23(26,27)28/h4-12,29H,2-3,13H2,1H3. The Morgan fingerprint density at radius 3 is 1.97 bits per heavy atom. The molecule has 0 atom stereocenters. The van der Waals surface area contributed by atoms with Crippen LogP contribution in [0.1, 0.15) is 30.0 Å². The Morgan fingerprint density at radius 1 is 0.862 bits per heavy atom. The Balaban J connectivity index is 2.18. The first-order valence-electron chi connectivity index (χ1n) is 9.15. The van der Waals surface area contributed by atoms with Gasteiger partial charge in [0, 0.05) is 11.1 Å². The first-order chi connectivity index (χ1) is 13.8. The van der Waals surface area contributed by atoms with E-state index in [0.717, 1.165) is 36.6 Å². The molecule has 6 heteroatoms. The molecule has 0 heterocycles. The van der Waals surface area contributed by atoms with Gasteiger partial charge in [-0.05, 0) is 46.9 Å². The smallest absolute Gasteiger partial charge is 0.391 e. The first-order valence-corrected chi connectivity index (χ1v) is 9.15. The Morgan fingerprint density at radius 2 is 1.45 bits per heavy atom. The number of hydrogen-bond donors (Lipinski definition) is 1. The number of hydrogen-bond acceptors (Lipinski definition) is 1. The summed E-state index contributed by atoms with van der Waals surface area (Å²) < 4.78 is 68.0. The van der Waals surface area contributed by atoms with Gasteiger partial charge in [-0.2, -0.15) is 13.2 Å². The molecule has 0 saturated carbocycles. The van der Waals surface area contributed by atoms with E-state index in [1.807, 2.05) is 19.1 Å². The summed E-state index contributed by atoms with van der Waals surface area (Å²) in [4.78, 5) is 0. The normalized spacial score (nSPS) is 11.7. The monoisotopic (exact) mass is 406 g/mol. The third-order valence-electron chi connectivity index (χ3n) is 4.78. The van der Waals surface area contributed by atoms with Gasteiger partial charge in [0.1, 0.15) is 11.6 Å². The molecule has 0 amide bonds. The third kappa shape index (κ3) is 4.32. The fraction of sp³-hybridized carbons (Fsp3) is 0.217. The SMILES string of the molecule is CCCc1ccc(-c2c(-c3ccc(C(F)(F)F)cc3)cc(F)c(CO)c2F)cc1. The van der Waals surface area contributed by atoms with Crippen molar-refractivity contribution in [3.63, 3.8) is 0 Å². The Labute approximate surface area is 165 Å². The van der Waals surface area contributed by atoms with Gasteiger partial charge in [0.15, 0.2) is 0 Å². The average molecular weight is 406 g/mol. The minimum Gasteiger partial charge on any atom is -0.391 e. The number of alkyl halides is 3. The second kappa shape index (κ2) is 8.33. The van der Waals surface area contributed by atoms with E-state index in [0.29, 0.717) is 5.56 Å². The molecule has 0 radical (unpaired) electrons. The third-order valence-corrected chi connectivity index (χ3v) is 4.78. The molecule has 0 fully saturated rings. The lowest BCUT2D eigenvalue weighted by atomic mass is 9.90. The lowest BCUT2D eigenvalue weighted by Gasteiger charge is -2.16. The molecule has 0 aromatic heterocycles. The molecule has 0 saturated heterocycles. The van der Waals surface area contributed by atoms with Gasteiger partial charge in [-0.1, -0.05) is 49.7 Å². The van der Waals surface area contributed by atoms with Crippen LogP contribution in [-0.4, -0.2) is 5.11 Å². The van der Waals surface area contributed by atoms with Crippen molar-refractivity contribution < 1.29 is 27.1 Å². The maximum atomic E-state index is 15.1. The predicted octanol–water partition coefficient (Wildman–Crippen LogP) is 6.76. The van der Waals surface area contributed by atoms with Crippen LogP contribution in [0.15, 0.2) is 54.6 Å². The highest BCUT2D eigenvalue weighted by Gasteiger charge is 2.30. The molecule has 3 aromatic carbocycles. The highest BCUT2D eigenvalue weighted by atomic mass is 19.4. The number of aliphatic hydroxyl groups is 1. The summed E-state index contributed by atoms with van der Waals surface area (Å²) >= 11 is 0. The van der Waals surface area contributed by atoms with Crippen molar-refractivity contribution in [2.24, 2.45) is 0 Å². The van der Waals surface area contributed by atoms with Gasteiger partial charge in [-0.25, -0.2) is 8.78 Å². The summed E-state index contributed by atoms with van der Waals surface area (Å²) in [5.41, 5.74) is 0.581. The zero-order valence-electron chi connectivity index (χ0n) is 15.7. The zero-order chi connectivity index (χ0) is 21.2. The van der Waals surface area contributed by atoms with E-state index in [1.165, 1.54) is 12.1 Å². The van der Waals surface area contributed by atoms with Crippen LogP contribution in [0.3, 0.4) is 0 Å². The minimum atomic E-state index is -4.51. The first kappa shape index (κ1) is 21.0. The molecule has 1 N–H and O–H groups in total. The average Bonchev–Trinajstić information content (AvgIpc) is 2.68. The van der Waals surface area contributed by atoms with Gasteiger partial charge < -0.3 is 5.11 Å². The molecule has 0 aliphatic carbocycles. The van der Waals surface area contributed by atoms with E-state index in [2.05, 4.69) is 0 Å².